The van der Waals surface area contributed by atoms with Crippen LogP contribution in [0.3, 0.4) is 0 Å². The molecule has 2 atom stereocenters. The van der Waals surface area contributed by atoms with E-state index < -0.39 is 10.0 Å². The summed E-state index contributed by atoms with van der Waals surface area (Å²) in [6.07, 6.45) is 4.37. The molecule has 1 saturated heterocycles. The van der Waals surface area contributed by atoms with E-state index >= 15 is 0 Å². The third-order valence-corrected chi connectivity index (χ3v) is 7.67. The summed E-state index contributed by atoms with van der Waals surface area (Å²) in [4.78, 5) is 10.4. The lowest BCUT2D eigenvalue weighted by atomic mass is 10.0. The van der Waals surface area contributed by atoms with E-state index in [0.717, 1.165) is 26.1 Å². The maximum absolute atomic E-state index is 13.2. The second-order valence-electron chi connectivity index (χ2n) is 7.88. The number of pyridine rings is 1. The topological polar surface area (TPSA) is 95.4 Å². The van der Waals surface area contributed by atoms with Crippen LogP contribution in [0, 0.1) is 23.8 Å². The summed E-state index contributed by atoms with van der Waals surface area (Å²) in [6.45, 7) is 12.1. The minimum absolute atomic E-state index is 0.0962. The van der Waals surface area contributed by atoms with Gasteiger partial charge in [-0.2, -0.15) is 5.26 Å². The molecular formula is C23H24N6O2S. The number of hydrogen-bond acceptors (Lipinski definition) is 6. The summed E-state index contributed by atoms with van der Waals surface area (Å²) in [5.41, 5.74) is 1.26. The molecule has 1 N–H and O–H groups in total. The first-order valence-electron chi connectivity index (χ1n) is 10.5. The Balaban J connectivity index is 1.73. The van der Waals surface area contributed by atoms with Crippen LogP contribution in [-0.4, -0.2) is 48.0 Å². The van der Waals surface area contributed by atoms with E-state index in [4.69, 9.17) is 11.8 Å². The van der Waals surface area contributed by atoms with Crippen LogP contribution < -0.4 is 5.32 Å². The second-order valence-corrected chi connectivity index (χ2v) is 9.70. The van der Waals surface area contributed by atoms with Gasteiger partial charge in [-0.05, 0) is 24.1 Å². The van der Waals surface area contributed by atoms with Gasteiger partial charge in [0, 0.05) is 49.9 Å². The van der Waals surface area contributed by atoms with Crippen LogP contribution >= 0.6 is 0 Å². The number of aromatic nitrogens is 2. The molecule has 1 fully saturated rings. The number of rotatable bonds is 7. The van der Waals surface area contributed by atoms with E-state index in [0.29, 0.717) is 29.1 Å². The molecule has 1 aromatic carbocycles. The smallest absolute Gasteiger partial charge is 0.269 e. The van der Waals surface area contributed by atoms with Gasteiger partial charge in [0.2, 0.25) is 5.69 Å². The van der Waals surface area contributed by atoms with Gasteiger partial charge < -0.3 is 5.32 Å². The first-order chi connectivity index (χ1) is 15.5. The van der Waals surface area contributed by atoms with Crippen molar-refractivity contribution in [2.45, 2.75) is 30.7 Å². The summed E-state index contributed by atoms with van der Waals surface area (Å²) >= 11 is 0. The zero-order chi connectivity index (χ0) is 22.7. The molecular weight excluding hydrogens is 424 g/mol. The zero-order valence-electron chi connectivity index (χ0n) is 17.8. The fraction of sp³-hybridized carbons (Fsp3) is 0.348. The van der Waals surface area contributed by atoms with E-state index in [1.54, 1.807) is 36.4 Å². The van der Waals surface area contributed by atoms with Crippen molar-refractivity contribution in [2.24, 2.45) is 5.92 Å². The third-order valence-electron chi connectivity index (χ3n) is 5.99. The third kappa shape index (κ3) is 3.93. The second kappa shape index (κ2) is 8.99. The standard InChI is InChI=1S/C23H24N6O2S/c1-3-17-15-28(12-7-11-24)16-21(17)27-22-19-10-13-29(23(19)26-14-20(22)25-2)32(30,31)18-8-5-4-6-9-18/h4-6,8-10,13-14,17,21H,3,7,12,15-16H2,1H3,(H,26,27)/t17-,21+/m1/s1. The number of likely N-dealkylation sites (tertiary alicyclic amines) is 1. The Morgan fingerprint density at radius 3 is 2.75 bits per heavy atom. The Morgan fingerprint density at radius 2 is 2.06 bits per heavy atom. The highest BCUT2D eigenvalue weighted by Gasteiger charge is 2.32. The molecule has 8 nitrogen and oxygen atoms in total. The average molecular weight is 449 g/mol. The van der Waals surface area contributed by atoms with Gasteiger partial charge in [0.25, 0.3) is 10.0 Å². The van der Waals surface area contributed by atoms with Gasteiger partial charge in [0.05, 0.1) is 23.2 Å². The Labute approximate surface area is 188 Å². The first-order valence-corrected chi connectivity index (χ1v) is 12.0. The van der Waals surface area contributed by atoms with E-state index in [2.05, 4.69) is 33.0 Å². The fourth-order valence-corrected chi connectivity index (χ4v) is 5.63. The SMILES string of the molecule is [C-]#[N+]c1cnc2c(ccn2S(=O)(=O)c2ccccc2)c1N[C@H]1CN(CCC#N)C[C@H]1CC. The molecule has 2 aromatic heterocycles. The molecule has 0 saturated carbocycles. The van der Waals surface area contributed by atoms with Crippen LogP contribution in [-0.2, 0) is 10.0 Å². The normalized spacial score (nSPS) is 19.0. The highest BCUT2D eigenvalue weighted by molar-refractivity contribution is 7.90. The predicted molar refractivity (Wildman–Crippen MR) is 123 cm³/mol. The van der Waals surface area contributed by atoms with Crippen LogP contribution in [0.2, 0.25) is 0 Å². The molecule has 0 radical (unpaired) electrons. The quantitative estimate of drug-likeness (QED) is 0.552. The summed E-state index contributed by atoms with van der Waals surface area (Å²) in [6, 6.07) is 12.2. The van der Waals surface area contributed by atoms with Crippen molar-refractivity contribution in [1.29, 1.82) is 5.26 Å². The molecule has 0 unspecified atom stereocenters. The van der Waals surface area contributed by atoms with Gasteiger partial charge in [-0.3, -0.25) is 4.90 Å². The summed E-state index contributed by atoms with van der Waals surface area (Å²) < 4.78 is 27.5. The minimum atomic E-state index is -3.81. The van der Waals surface area contributed by atoms with Crippen LogP contribution in [0.5, 0.6) is 0 Å². The molecule has 0 amide bonds. The maximum Gasteiger partial charge on any atom is 0.269 e. The number of nitriles is 1. The van der Waals surface area contributed by atoms with Crippen molar-refractivity contribution in [1.82, 2.24) is 13.9 Å². The molecule has 0 spiro atoms. The van der Waals surface area contributed by atoms with Crippen LogP contribution in [0.25, 0.3) is 15.9 Å². The van der Waals surface area contributed by atoms with Crippen molar-refractivity contribution >= 4 is 32.4 Å². The van der Waals surface area contributed by atoms with Gasteiger partial charge >= 0.3 is 0 Å². The Morgan fingerprint density at radius 1 is 1.28 bits per heavy atom. The van der Waals surface area contributed by atoms with Crippen LogP contribution in [0.15, 0.2) is 53.7 Å². The number of nitrogens with zero attached hydrogens (tertiary/aromatic N) is 5. The molecule has 3 heterocycles. The molecule has 164 valence electrons. The Bertz CT molecular complexity index is 1300. The molecule has 9 heteroatoms. The number of anilines is 1. The summed E-state index contributed by atoms with van der Waals surface area (Å²) in [5, 5.41) is 13.0. The van der Waals surface area contributed by atoms with Gasteiger partial charge in [-0.25, -0.2) is 22.2 Å². The number of hydrogen-bond donors (Lipinski definition) is 1. The molecule has 0 aliphatic carbocycles. The van der Waals surface area contributed by atoms with Crippen molar-refractivity contribution in [3.8, 4) is 6.07 Å². The zero-order valence-corrected chi connectivity index (χ0v) is 18.6. The molecule has 0 bridgehead atoms. The van der Waals surface area contributed by atoms with Crippen LogP contribution in [0.1, 0.15) is 19.8 Å². The highest BCUT2D eigenvalue weighted by Crippen LogP contribution is 2.36. The fourth-order valence-electron chi connectivity index (χ4n) is 4.30. The van der Waals surface area contributed by atoms with Crippen molar-refractivity contribution < 1.29 is 8.42 Å². The molecule has 1 aliphatic heterocycles. The van der Waals surface area contributed by atoms with Gasteiger partial charge in [-0.15, -0.1) is 0 Å². The monoisotopic (exact) mass is 448 g/mol. The summed E-state index contributed by atoms with van der Waals surface area (Å²) in [7, 11) is -3.81. The van der Waals surface area contributed by atoms with E-state index in [1.165, 1.54) is 16.4 Å². The Kier molecular flexibility index (Phi) is 6.13. The largest absolute Gasteiger partial charge is 0.389 e. The van der Waals surface area contributed by atoms with Crippen LogP contribution in [0.4, 0.5) is 11.4 Å². The molecule has 32 heavy (non-hydrogen) atoms. The van der Waals surface area contributed by atoms with E-state index in [-0.39, 0.29) is 16.6 Å². The van der Waals surface area contributed by atoms with Crippen molar-refractivity contribution in [3.63, 3.8) is 0 Å². The lowest BCUT2D eigenvalue weighted by Crippen LogP contribution is -2.29. The average Bonchev–Trinajstić information content (AvgIpc) is 3.43. The van der Waals surface area contributed by atoms with Crippen molar-refractivity contribution in [2.75, 3.05) is 25.0 Å². The molecule has 3 aromatic rings. The lowest BCUT2D eigenvalue weighted by Gasteiger charge is -2.21. The molecule has 1 aliphatic rings. The van der Waals surface area contributed by atoms with Crippen molar-refractivity contribution in [3.05, 3.63) is 60.2 Å². The summed E-state index contributed by atoms with van der Waals surface area (Å²) in [5.74, 6) is 0.366. The highest BCUT2D eigenvalue weighted by atomic mass is 32.2. The van der Waals surface area contributed by atoms with Gasteiger partial charge in [0.1, 0.15) is 0 Å². The maximum atomic E-state index is 13.2. The predicted octanol–water partition coefficient (Wildman–Crippen LogP) is 3.86. The number of fused-ring (bicyclic) bond motifs is 1. The Hall–Kier alpha value is -3.40. The molecule has 4 rings (SSSR count). The number of nitrogens with one attached hydrogen (secondary N) is 1. The van der Waals surface area contributed by atoms with Gasteiger partial charge in [0.15, 0.2) is 5.65 Å². The van der Waals surface area contributed by atoms with E-state index in [1.807, 2.05) is 0 Å². The number of benzene rings is 1. The van der Waals surface area contributed by atoms with Gasteiger partial charge in [-0.1, -0.05) is 31.5 Å². The minimum Gasteiger partial charge on any atom is -0.389 e. The first kappa shape index (κ1) is 21.8. The lowest BCUT2D eigenvalue weighted by molar-refractivity contribution is 0.330. The van der Waals surface area contributed by atoms with E-state index in [9.17, 15) is 8.42 Å².